The number of ether oxygens (including phenoxy) is 1. The van der Waals surface area contributed by atoms with Gasteiger partial charge in [-0.25, -0.2) is 4.98 Å². The number of rotatable bonds is 4. The number of carbonyl (C=O) groups is 2. The molecule has 0 aromatic carbocycles. The van der Waals surface area contributed by atoms with E-state index >= 15 is 0 Å². The van der Waals surface area contributed by atoms with Gasteiger partial charge in [-0.2, -0.15) is 0 Å². The fraction of sp³-hybridized carbons (Fsp3) is 0.364. The summed E-state index contributed by atoms with van der Waals surface area (Å²) in [6.07, 6.45) is 0. The second-order valence-electron chi connectivity index (χ2n) is 3.36. The van der Waals surface area contributed by atoms with Crippen LogP contribution in [0.5, 0.6) is 0 Å². The van der Waals surface area contributed by atoms with Gasteiger partial charge in [-0.1, -0.05) is 23.2 Å². The lowest BCUT2D eigenvalue weighted by Crippen LogP contribution is -2.36. The molecule has 0 saturated heterocycles. The van der Waals surface area contributed by atoms with Crippen molar-refractivity contribution in [1.82, 2.24) is 9.88 Å². The minimum Gasteiger partial charge on any atom is -0.468 e. The average Bonchev–Trinajstić information content (AvgIpc) is 2.37. The van der Waals surface area contributed by atoms with Crippen LogP contribution in [0.25, 0.3) is 0 Å². The number of halogens is 2. The molecule has 1 amide bonds. The molecule has 0 radical (unpaired) electrons. The Bertz CT molecular complexity index is 466. The SMILES string of the molecule is CCN(CC(=O)OC)C(=O)c1nc(Cl)ccc1Cl. The maximum atomic E-state index is 12.1. The minimum absolute atomic E-state index is 0.0231. The number of esters is 1. The lowest BCUT2D eigenvalue weighted by Gasteiger charge is -2.19. The predicted molar refractivity (Wildman–Crippen MR) is 67.9 cm³/mol. The molecule has 5 nitrogen and oxygen atoms in total. The predicted octanol–water partition coefficient (Wildman–Crippen LogP) is 2.02. The molecule has 7 heteroatoms. The molecular weight excluding hydrogens is 279 g/mol. The Morgan fingerprint density at radius 2 is 2.06 bits per heavy atom. The Morgan fingerprint density at radius 3 is 2.61 bits per heavy atom. The van der Waals surface area contributed by atoms with Crippen molar-refractivity contribution in [2.75, 3.05) is 20.2 Å². The Kier molecular flexibility index (Phi) is 5.37. The summed E-state index contributed by atoms with van der Waals surface area (Å²) in [5.41, 5.74) is 0.0231. The molecule has 1 rings (SSSR count). The number of likely N-dealkylation sites (N-methyl/N-ethyl adjacent to an activating group) is 1. The average molecular weight is 291 g/mol. The molecule has 0 spiro atoms. The van der Waals surface area contributed by atoms with Gasteiger partial charge in [0.1, 0.15) is 17.4 Å². The molecule has 0 N–H and O–H groups in total. The molecule has 0 atom stereocenters. The van der Waals surface area contributed by atoms with Gasteiger partial charge in [-0.15, -0.1) is 0 Å². The van der Waals surface area contributed by atoms with Gasteiger partial charge in [0.15, 0.2) is 0 Å². The summed E-state index contributed by atoms with van der Waals surface area (Å²) >= 11 is 11.6. The van der Waals surface area contributed by atoms with E-state index in [2.05, 4.69) is 9.72 Å². The molecule has 0 fully saturated rings. The van der Waals surface area contributed by atoms with Crippen molar-refractivity contribution in [3.63, 3.8) is 0 Å². The van der Waals surface area contributed by atoms with Crippen molar-refractivity contribution < 1.29 is 14.3 Å². The molecule has 1 aromatic rings. The first-order valence-electron chi connectivity index (χ1n) is 5.17. The first kappa shape index (κ1) is 14.7. The zero-order valence-corrected chi connectivity index (χ0v) is 11.5. The van der Waals surface area contributed by atoms with Crippen LogP contribution in [0, 0.1) is 0 Å². The molecular formula is C11H12Cl2N2O3. The van der Waals surface area contributed by atoms with Crippen molar-refractivity contribution in [3.8, 4) is 0 Å². The lowest BCUT2D eigenvalue weighted by atomic mass is 10.3. The largest absolute Gasteiger partial charge is 0.468 e. The van der Waals surface area contributed by atoms with E-state index in [0.29, 0.717) is 6.54 Å². The number of aromatic nitrogens is 1. The number of methoxy groups -OCH3 is 1. The fourth-order valence-electron chi connectivity index (χ4n) is 1.27. The van der Waals surface area contributed by atoms with Crippen molar-refractivity contribution in [1.29, 1.82) is 0 Å². The third kappa shape index (κ3) is 3.58. The molecule has 1 heterocycles. The summed E-state index contributed by atoms with van der Waals surface area (Å²) in [6.45, 7) is 1.91. The fourth-order valence-corrected chi connectivity index (χ4v) is 1.60. The van der Waals surface area contributed by atoms with Crippen LogP contribution < -0.4 is 0 Å². The van der Waals surface area contributed by atoms with E-state index in [4.69, 9.17) is 23.2 Å². The summed E-state index contributed by atoms with van der Waals surface area (Å²) in [5.74, 6) is -0.973. The summed E-state index contributed by atoms with van der Waals surface area (Å²) in [7, 11) is 1.26. The van der Waals surface area contributed by atoms with E-state index in [-0.39, 0.29) is 22.4 Å². The highest BCUT2D eigenvalue weighted by Crippen LogP contribution is 2.18. The van der Waals surface area contributed by atoms with Crippen molar-refractivity contribution in [2.45, 2.75) is 6.92 Å². The maximum Gasteiger partial charge on any atom is 0.325 e. The Hall–Kier alpha value is -1.33. The van der Waals surface area contributed by atoms with Gasteiger partial charge >= 0.3 is 5.97 Å². The molecule has 18 heavy (non-hydrogen) atoms. The van der Waals surface area contributed by atoms with Crippen LogP contribution in [0.3, 0.4) is 0 Å². The highest BCUT2D eigenvalue weighted by Gasteiger charge is 2.21. The Labute approximate surface area is 115 Å². The van der Waals surface area contributed by atoms with Crippen LogP contribution in [0.2, 0.25) is 10.2 Å². The summed E-state index contributed by atoms with van der Waals surface area (Å²) in [4.78, 5) is 28.4. The molecule has 98 valence electrons. The quantitative estimate of drug-likeness (QED) is 0.629. The lowest BCUT2D eigenvalue weighted by molar-refractivity contribution is -0.141. The molecule has 0 aliphatic heterocycles. The summed E-state index contributed by atoms with van der Waals surface area (Å²) in [6, 6.07) is 2.97. The van der Waals surface area contributed by atoms with E-state index in [9.17, 15) is 9.59 Å². The highest BCUT2D eigenvalue weighted by atomic mass is 35.5. The zero-order valence-electron chi connectivity index (χ0n) is 9.94. The van der Waals surface area contributed by atoms with Gasteiger partial charge in [0.05, 0.1) is 12.1 Å². The molecule has 0 aliphatic carbocycles. The van der Waals surface area contributed by atoms with Crippen molar-refractivity contribution >= 4 is 35.1 Å². The van der Waals surface area contributed by atoms with Gasteiger partial charge in [-0.05, 0) is 19.1 Å². The van der Waals surface area contributed by atoms with Crippen molar-refractivity contribution in [2.24, 2.45) is 0 Å². The molecule has 0 unspecified atom stereocenters. The van der Waals surface area contributed by atoms with Gasteiger partial charge < -0.3 is 9.64 Å². The van der Waals surface area contributed by atoms with Crippen LogP contribution in [0.4, 0.5) is 0 Å². The van der Waals surface area contributed by atoms with Gasteiger partial charge in [0.2, 0.25) is 0 Å². The number of pyridine rings is 1. The Morgan fingerprint density at radius 1 is 1.39 bits per heavy atom. The highest BCUT2D eigenvalue weighted by molar-refractivity contribution is 6.34. The van der Waals surface area contributed by atoms with Crippen LogP contribution in [-0.2, 0) is 9.53 Å². The maximum absolute atomic E-state index is 12.1. The van der Waals surface area contributed by atoms with E-state index in [1.807, 2.05) is 0 Å². The third-order valence-electron chi connectivity index (χ3n) is 2.23. The number of hydrogen-bond donors (Lipinski definition) is 0. The van der Waals surface area contributed by atoms with E-state index in [1.165, 1.54) is 24.1 Å². The first-order valence-corrected chi connectivity index (χ1v) is 5.93. The molecule has 0 saturated carbocycles. The van der Waals surface area contributed by atoms with E-state index in [1.54, 1.807) is 6.92 Å². The van der Waals surface area contributed by atoms with Gasteiger partial charge in [0, 0.05) is 6.54 Å². The van der Waals surface area contributed by atoms with Crippen LogP contribution >= 0.6 is 23.2 Å². The van der Waals surface area contributed by atoms with E-state index < -0.39 is 11.9 Å². The number of hydrogen-bond acceptors (Lipinski definition) is 4. The van der Waals surface area contributed by atoms with Gasteiger partial charge in [-0.3, -0.25) is 9.59 Å². The van der Waals surface area contributed by atoms with Crippen LogP contribution in [-0.4, -0.2) is 42.0 Å². The number of nitrogens with zero attached hydrogens (tertiary/aromatic N) is 2. The van der Waals surface area contributed by atoms with Gasteiger partial charge in [0.25, 0.3) is 5.91 Å². The van der Waals surface area contributed by atoms with Crippen LogP contribution in [0.1, 0.15) is 17.4 Å². The molecule has 1 aromatic heterocycles. The topological polar surface area (TPSA) is 59.5 Å². The normalized spacial score (nSPS) is 10.0. The summed E-state index contributed by atoms with van der Waals surface area (Å²) < 4.78 is 4.51. The number of carbonyl (C=O) groups excluding carboxylic acids is 2. The van der Waals surface area contributed by atoms with Crippen molar-refractivity contribution in [3.05, 3.63) is 28.0 Å². The second kappa shape index (κ2) is 6.56. The molecule has 0 bridgehead atoms. The third-order valence-corrected chi connectivity index (χ3v) is 2.75. The monoisotopic (exact) mass is 290 g/mol. The minimum atomic E-state index is -0.511. The van der Waals surface area contributed by atoms with E-state index in [0.717, 1.165) is 0 Å². The second-order valence-corrected chi connectivity index (χ2v) is 4.15. The van der Waals surface area contributed by atoms with Crippen LogP contribution in [0.15, 0.2) is 12.1 Å². The summed E-state index contributed by atoms with van der Waals surface area (Å²) in [5, 5.41) is 0.351. The standard InChI is InChI=1S/C11H12Cl2N2O3/c1-3-15(6-9(16)18-2)11(17)10-7(12)4-5-8(13)14-10/h4-5H,3,6H2,1-2H3. The Balaban J connectivity index is 2.96. The first-order chi connectivity index (χ1) is 8.49. The number of amides is 1. The molecule has 0 aliphatic rings. The smallest absolute Gasteiger partial charge is 0.325 e. The zero-order chi connectivity index (χ0) is 13.7.